The van der Waals surface area contributed by atoms with Crippen molar-refractivity contribution in [3.05, 3.63) is 24.5 Å². The van der Waals surface area contributed by atoms with Gasteiger partial charge in [0.1, 0.15) is 4.90 Å². The molecule has 0 aromatic carbocycles. The molecule has 0 spiro atoms. The van der Waals surface area contributed by atoms with Crippen LogP contribution in [0.3, 0.4) is 0 Å². The summed E-state index contributed by atoms with van der Waals surface area (Å²) in [7, 11) is -3.46. The van der Waals surface area contributed by atoms with E-state index in [4.69, 9.17) is 4.74 Å². The van der Waals surface area contributed by atoms with Crippen LogP contribution in [0.2, 0.25) is 0 Å². The molecule has 0 aliphatic heterocycles. The molecule has 0 bridgehead atoms. The molecule has 1 rings (SSSR count). The van der Waals surface area contributed by atoms with E-state index in [2.05, 4.69) is 21.5 Å². The van der Waals surface area contributed by atoms with Gasteiger partial charge in [-0.25, -0.2) is 13.1 Å². The van der Waals surface area contributed by atoms with E-state index in [1.54, 1.807) is 0 Å². The van der Waals surface area contributed by atoms with Crippen molar-refractivity contribution >= 4 is 10.0 Å². The molecular weight excluding hydrogens is 230 g/mol. The number of H-pyrrole nitrogens is 1. The molecule has 0 atom stereocenters. The summed E-state index contributed by atoms with van der Waals surface area (Å²) in [5.74, 6) is 0. The molecule has 0 saturated carbocycles. The summed E-state index contributed by atoms with van der Waals surface area (Å²) in [5.41, 5.74) is 0.901. The van der Waals surface area contributed by atoms with Gasteiger partial charge in [-0.3, -0.25) is 5.10 Å². The summed E-state index contributed by atoms with van der Waals surface area (Å²) >= 11 is 0. The Balaban J connectivity index is 2.30. The molecular formula is C9H15N3O3S. The first-order chi connectivity index (χ1) is 7.52. The van der Waals surface area contributed by atoms with E-state index < -0.39 is 10.0 Å². The van der Waals surface area contributed by atoms with Crippen molar-refractivity contribution < 1.29 is 13.2 Å². The van der Waals surface area contributed by atoms with Crippen LogP contribution in [0.25, 0.3) is 0 Å². The Morgan fingerprint density at radius 2 is 2.44 bits per heavy atom. The third-order valence-corrected chi connectivity index (χ3v) is 3.10. The first kappa shape index (κ1) is 12.9. The second-order valence-corrected chi connectivity index (χ2v) is 5.11. The molecule has 16 heavy (non-hydrogen) atoms. The van der Waals surface area contributed by atoms with Crippen LogP contribution in [0.4, 0.5) is 0 Å². The van der Waals surface area contributed by atoms with E-state index in [1.807, 2.05) is 6.92 Å². The van der Waals surface area contributed by atoms with Gasteiger partial charge in [0.2, 0.25) is 10.0 Å². The van der Waals surface area contributed by atoms with Crippen molar-refractivity contribution in [1.82, 2.24) is 14.9 Å². The van der Waals surface area contributed by atoms with Crippen LogP contribution in [0.5, 0.6) is 0 Å². The number of ether oxygens (including phenoxy) is 1. The Bertz CT molecular complexity index is 425. The van der Waals surface area contributed by atoms with E-state index in [0.29, 0.717) is 13.2 Å². The maximum absolute atomic E-state index is 11.5. The van der Waals surface area contributed by atoms with Gasteiger partial charge in [0, 0.05) is 12.7 Å². The standard InChI is InChI=1S/C9H15N3O3S/c1-8(2)7-15-4-3-12-16(13,14)9-5-10-11-6-9/h5-6,12H,1,3-4,7H2,2H3,(H,10,11). The van der Waals surface area contributed by atoms with E-state index in [9.17, 15) is 8.42 Å². The minimum absolute atomic E-state index is 0.118. The minimum Gasteiger partial charge on any atom is -0.376 e. The van der Waals surface area contributed by atoms with Crippen molar-refractivity contribution in [2.24, 2.45) is 0 Å². The van der Waals surface area contributed by atoms with Gasteiger partial charge in [-0.2, -0.15) is 5.10 Å². The molecule has 7 heteroatoms. The first-order valence-electron chi connectivity index (χ1n) is 4.73. The van der Waals surface area contributed by atoms with Gasteiger partial charge in [-0.05, 0) is 6.92 Å². The van der Waals surface area contributed by atoms with Crippen LogP contribution in [-0.2, 0) is 14.8 Å². The van der Waals surface area contributed by atoms with Crippen molar-refractivity contribution in [3.8, 4) is 0 Å². The number of nitrogens with one attached hydrogen (secondary N) is 2. The lowest BCUT2D eigenvalue weighted by atomic mass is 10.4. The van der Waals surface area contributed by atoms with Crippen LogP contribution < -0.4 is 4.72 Å². The fraction of sp³-hybridized carbons (Fsp3) is 0.444. The zero-order valence-electron chi connectivity index (χ0n) is 9.06. The van der Waals surface area contributed by atoms with Gasteiger partial charge < -0.3 is 4.74 Å². The van der Waals surface area contributed by atoms with Gasteiger partial charge in [0.05, 0.1) is 19.4 Å². The molecule has 0 fully saturated rings. The second-order valence-electron chi connectivity index (χ2n) is 3.34. The average molecular weight is 245 g/mol. The third-order valence-electron chi connectivity index (χ3n) is 1.67. The lowest BCUT2D eigenvalue weighted by Crippen LogP contribution is -2.27. The van der Waals surface area contributed by atoms with E-state index in [0.717, 1.165) is 5.57 Å². The number of aromatic nitrogens is 2. The summed E-state index contributed by atoms with van der Waals surface area (Å²) in [6.45, 7) is 6.48. The highest BCUT2D eigenvalue weighted by Crippen LogP contribution is 2.03. The first-order valence-corrected chi connectivity index (χ1v) is 6.21. The van der Waals surface area contributed by atoms with Crippen molar-refractivity contribution in [1.29, 1.82) is 0 Å². The van der Waals surface area contributed by atoms with Crippen molar-refractivity contribution in [3.63, 3.8) is 0 Å². The van der Waals surface area contributed by atoms with Gasteiger partial charge in [0.25, 0.3) is 0 Å². The lowest BCUT2D eigenvalue weighted by molar-refractivity contribution is 0.162. The quantitative estimate of drug-likeness (QED) is 0.534. The highest BCUT2D eigenvalue weighted by atomic mass is 32.2. The van der Waals surface area contributed by atoms with E-state index in [-0.39, 0.29) is 11.4 Å². The number of rotatable bonds is 7. The molecule has 0 saturated heterocycles. The Labute approximate surface area is 94.8 Å². The molecule has 0 aliphatic rings. The SMILES string of the molecule is C=C(C)COCCNS(=O)(=O)c1cn[nH]c1. The molecule has 90 valence electrons. The number of hydrogen-bond donors (Lipinski definition) is 2. The van der Waals surface area contributed by atoms with E-state index >= 15 is 0 Å². The second kappa shape index (κ2) is 5.78. The highest BCUT2D eigenvalue weighted by molar-refractivity contribution is 7.89. The van der Waals surface area contributed by atoms with Crippen molar-refractivity contribution in [2.75, 3.05) is 19.8 Å². The molecule has 0 amide bonds. The maximum Gasteiger partial charge on any atom is 0.243 e. The summed E-state index contributed by atoms with van der Waals surface area (Å²) in [6, 6.07) is 0. The normalized spacial score (nSPS) is 11.6. The predicted molar refractivity (Wildman–Crippen MR) is 59.4 cm³/mol. The van der Waals surface area contributed by atoms with Crippen LogP contribution in [0, 0.1) is 0 Å². The monoisotopic (exact) mass is 245 g/mol. The Morgan fingerprint density at radius 1 is 1.69 bits per heavy atom. The average Bonchev–Trinajstić information content (AvgIpc) is 2.69. The molecule has 1 aromatic heterocycles. The molecule has 0 radical (unpaired) electrons. The third kappa shape index (κ3) is 4.13. The summed E-state index contributed by atoms with van der Waals surface area (Å²) in [4.78, 5) is 0.118. The van der Waals surface area contributed by atoms with Gasteiger partial charge in [0.15, 0.2) is 0 Å². The Morgan fingerprint density at radius 3 is 3.00 bits per heavy atom. The largest absolute Gasteiger partial charge is 0.376 e. The molecule has 6 nitrogen and oxygen atoms in total. The number of aromatic amines is 1. The lowest BCUT2D eigenvalue weighted by Gasteiger charge is -2.05. The van der Waals surface area contributed by atoms with Gasteiger partial charge in [-0.1, -0.05) is 12.2 Å². The Kier molecular flexibility index (Phi) is 4.66. The van der Waals surface area contributed by atoms with Crippen LogP contribution in [-0.4, -0.2) is 38.4 Å². The Hall–Kier alpha value is -1.18. The molecule has 1 heterocycles. The predicted octanol–water partition coefficient (Wildman–Crippen LogP) is 0.281. The molecule has 2 N–H and O–H groups in total. The fourth-order valence-electron chi connectivity index (χ4n) is 0.964. The van der Waals surface area contributed by atoms with Gasteiger partial charge in [-0.15, -0.1) is 0 Å². The van der Waals surface area contributed by atoms with Crippen LogP contribution in [0.1, 0.15) is 6.92 Å². The van der Waals surface area contributed by atoms with Crippen LogP contribution in [0.15, 0.2) is 29.4 Å². The maximum atomic E-state index is 11.5. The summed E-state index contributed by atoms with van der Waals surface area (Å²) in [5, 5.41) is 6.01. The number of nitrogens with zero attached hydrogens (tertiary/aromatic N) is 1. The topological polar surface area (TPSA) is 84.1 Å². The van der Waals surface area contributed by atoms with Crippen molar-refractivity contribution in [2.45, 2.75) is 11.8 Å². The number of sulfonamides is 1. The fourth-order valence-corrected chi connectivity index (χ4v) is 1.88. The van der Waals surface area contributed by atoms with Gasteiger partial charge >= 0.3 is 0 Å². The zero-order valence-corrected chi connectivity index (χ0v) is 9.88. The van der Waals surface area contributed by atoms with E-state index in [1.165, 1.54) is 12.4 Å². The zero-order chi connectivity index (χ0) is 12.0. The number of hydrogen-bond acceptors (Lipinski definition) is 4. The smallest absolute Gasteiger partial charge is 0.243 e. The molecule has 1 aromatic rings. The van der Waals surface area contributed by atoms with Crippen LogP contribution >= 0.6 is 0 Å². The molecule has 0 aliphatic carbocycles. The molecule has 0 unspecified atom stereocenters. The minimum atomic E-state index is -3.46. The summed E-state index contributed by atoms with van der Waals surface area (Å²) < 4.78 is 30.6. The summed E-state index contributed by atoms with van der Waals surface area (Å²) in [6.07, 6.45) is 2.56. The highest BCUT2D eigenvalue weighted by Gasteiger charge is 2.13.